The molecule has 1 aromatic heterocycles. The van der Waals surface area contributed by atoms with Gasteiger partial charge in [0.1, 0.15) is 6.07 Å². The molecule has 2 aromatic carbocycles. The molecule has 0 radical (unpaired) electrons. The van der Waals surface area contributed by atoms with E-state index in [4.69, 9.17) is 34.2 Å². The number of nitrogens with two attached hydrogens (primary N) is 1. The van der Waals surface area contributed by atoms with E-state index in [2.05, 4.69) is 20.9 Å². The number of anilines is 1. The Labute approximate surface area is 146 Å². The zero-order chi connectivity index (χ0) is 16.1. The van der Waals surface area contributed by atoms with Crippen LogP contribution in [0.5, 0.6) is 0 Å². The molecule has 3 aromatic rings. The van der Waals surface area contributed by atoms with E-state index in [1.54, 1.807) is 18.2 Å². The molecule has 0 spiro atoms. The fraction of sp³-hybridized carbons (Fsp3) is 0. The van der Waals surface area contributed by atoms with Crippen LogP contribution < -0.4 is 5.73 Å². The van der Waals surface area contributed by atoms with E-state index in [1.165, 1.54) is 6.20 Å². The Kier molecular flexibility index (Phi) is 5.62. The van der Waals surface area contributed by atoms with Crippen LogP contribution in [-0.4, -0.2) is 4.98 Å². The molecule has 0 unspecified atom stereocenters. The van der Waals surface area contributed by atoms with Crippen molar-refractivity contribution in [2.24, 2.45) is 0 Å². The number of benzene rings is 2. The third-order valence-electron chi connectivity index (χ3n) is 2.78. The van der Waals surface area contributed by atoms with E-state index in [1.807, 2.05) is 30.3 Å². The topological polar surface area (TPSA) is 62.7 Å². The first-order chi connectivity index (χ1) is 10.5. The maximum absolute atomic E-state index is 8.75. The summed E-state index contributed by atoms with van der Waals surface area (Å²) in [5, 5.41) is 10.9. The molecule has 0 aliphatic heterocycles. The molecule has 1 heterocycles. The summed E-state index contributed by atoms with van der Waals surface area (Å²) in [6.07, 6.45) is 1.49. The zero-order valence-electron chi connectivity index (χ0n) is 11.2. The van der Waals surface area contributed by atoms with E-state index in [-0.39, 0.29) is 0 Å². The highest BCUT2D eigenvalue weighted by Crippen LogP contribution is 2.24. The molecule has 0 aliphatic carbocycles. The molecular formula is C16H10BrCl2N3. The maximum atomic E-state index is 8.75. The largest absolute Gasteiger partial charge is 0.397 e. The molecule has 0 fully saturated rings. The number of halogens is 3. The minimum absolute atomic E-state index is 0.417. The second kappa shape index (κ2) is 7.46. The number of nitrogens with zero attached hydrogens (tertiary/aromatic N) is 2. The fourth-order valence-electron chi connectivity index (χ4n) is 1.74. The minimum Gasteiger partial charge on any atom is -0.397 e. The Morgan fingerprint density at radius 2 is 1.77 bits per heavy atom. The van der Waals surface area contributed by atoms with Crippen molar-refractivity contribution in [2.75, 3.05) is 5.73 Å². The van der Waals surface area contributed by atoms with Gasteiger partial charge < -0.3 is 5.73 Å². The number of hydrogen-bond acceptors (Lipinski definition) is 3. The van der Waals surface area contributed by atoms with Crippen molar-refractivity contribution in [3.63, 3.8) is 0 Å². The Bertz CT molecular complexity index is 842. The quantitative estimate of drug-likeness (QED) is 0.551. The Morgan fingerprint density at radius 3 is 2.32 bits per heavy atom. The highest BCUT2D eigenvalue weighted by atomic mass is 79.9. The summed E-state index contributed by atoms with van der Waals surface area (Å²) in [4.78, 5) is 4.14. The van der Waals surface area contributed by atoms with Gasteiger partial charge in [0.05, 0.1) is 16.8 Å². The van der Waals surface area contributed by atoms with Crippen molar-refractivity contribution in [1.29, 1.82) is 5.26 Å². The fourth-order valence-corrected chi connectivity index (χ4v) is 2.52. The summed E-state index contributed by atoms with van der Waals surface area (Å²) >= 11 is 14.5. The molecule has 3 nitrogen and oxygen atoms in total. The van der Waals surface area contributed by atoms with Crippen molar-refractivity contribution in [2.45, 2.75) is 0 Å². The first-order valence-electron chi connectivity index (χ1n) is 6.16. The predicted molar refractivity (Wildman–Crippen MR) is 95.0 cm³/mol. The summed E-state index contributed by atoms with van der Waals surface area (Å²) in [5.74, 6) is 0. The number of pyridine rings is 1. The number of aromatic nitrogens is 1. The van der Waals surface area contributed by atoms with Gasteiger partial charge in [0.25, 0.3) is 0 Å². The van der Waals surface area contributed by atoms with Crippen molar-refractivity contribution in [1.82, 2.24) is 4.98 Å². The lowest BCUT2D eigenvalue weighted by molar-refractivity contribution is 1.37. The van der Waals surface area contributed by atoms with Crippen LogP contribution in [0.4, 0.5) is 5.69 Å². The number of fused-ring (bicyclic) bond motifs is 1. The van der Waals surface area contributed by atoms with Crippen LogP contribution in [0.3, 0.4) is 0 Å². The summed E-state index contributed by atoms with van der Waals surface area (Å²) < 4.78 is 0.946. The molecule has 22 heavy (non-hydrogen) atoms. The van der Waals surface area contributed by atoms with E-state index in [9.17, 15) is 0 Å². The van der Waals surface area contributed by atoms with Gasteiger partial charge in [0.15, 0.2) is 0 Å². The number of nitrogen functional groups attached to an aromatic ring is 1. The van der Waals surface area contributed by atoms with Gasteiger partial charge in [-0.25, -0.2) is 0 Å². The second-order valence-corrected chi connectivity index (χ2v) is 6.09. The highest BCUT2D eigenvalue weighted by molar-refractivity contribution is 9.10. The molecular weight excluding hydrogens is 385 g/mol. The van der Waals surface area contributed by atoms with Gasteiger partial charge in [-0.15, -0.1) is 0 Å². The van der Waals surface area contributed by atoms with E-state index in [0.717, 1.165) is 15.4 Å². The molecule has 0 saturated carbocycles. The first-order valence-corrected chi connectivity index (χ1v) is 7.71. The summed E-state index contributed by atoms with van der Waals surface area (Å²) in [6.45, 7) is 0. The maximum Gasteiger partial charge on any atom is 0.103 e. The first kappa shape index (κ1) is 16.6. The molecule has 0 atom stereocenters. The zero-order valence-corrected chi connectivity index (χ0v) is 14.3. The van der Waals surface area contributed by atoms with Crippen molar-refractivity contribution in [3.8, 4) is 6.07 Å². The number of hydrogen-bond donors (Lipinski definition) is 1. The van der Waals surface area contributed by atoms with Crippen molar-refractivity contribution < 1.29 is 0 Å². The highest BCUT2D eigenvalue weighted by Gasteiger charge is 2.04. The van der Waals surface area contributed by atoms with Crippen molar-refractivity contribution in [3.05, 3.63) is 68.7 Å². The van der Waals surface area contributed by atoms with Crippen LogP contribution in [0.2, 0.25) is 10.0 Å². The van der Waals surface area contributed by atoms with Crippen LogP contribution in [0, 0.1) is 11.3 Å². The normalized spacial score (nSPS) is 9.73. The monoisotopic (exact) mass is 393 g/mol. The molecule has 110 valence electrons. The van der Waals surface area contributed by atoms with Gasteiger partial charge in [-0.3, -0.25) is 4.98 Å². The van der Waals surface area contributed by atoms with Crippen LogP contribution in [0.1, 0.15) is 5.56 Å². The molecule has 3 rings (SSSR count). The standard InChI is InChI=1S/C10H6BrN3.C6H4Cl2/c11-7-1-2-8-9(3-7)14-5-6(4-12)10(8)13;7-5-2-1-3-6(8)4-5/h1-3,5H,(H2,13,14);1-4H. The second-order valence-electron chi connectivity index (χ2n) is 4.30. The van der Waals surface area contributed by atoms with E-state index < -0.39 is 0 Å². The summed E-state index contributed by atoms with van der Waals surface area (Å²) in [5.41, 5.74) is 7.50. The van der Waals surface area contributed by atoms with Gasteiger partial charge in [-0.1, -0.05) is 45.2 Å². The minimum atomic E-state index is 0.417. The predicted octanol–water partition coefficient (Wildman–Crippen LogP) is 5.44. The van der Waals surface area contributed by atoms with E-state index >= 15 is 0 Å². The van der Waals surface area contributed by atoms with Gasteiger partial charge in [0, 0.05) is 26.1 Å². The van der Waals surface area contributed by atoms with Crippen LogP contribution in [-0.2, 0) is 0 Å². The van der Waals surface area contributed by atoms with Crippen molar-refractivity contribution >= 4 is 55.7 Å². The molecule has 0 saturated heterocycles. The lowest BCUT2D eigenvalue weighted by atomic mass is 10.1. The lowest BCUT2D eigenvalue weighted by Gasteiger charge is -2.02. The van der Waals surface area contributed by atoms with Crippen LogP contribution >= 0.6 is 39.1 Å². The molecule has 0 bridgehead atoms. The average molecular weight is 395 g/mol. The third kappa shape index (κ3) is 4.11. The number of rotatable bonds is 0. The Hall–Kier alpha value is -1.80. The molecule has 2 N–H and O–H groups in total. The SMILES string of the molecule is Clc1cccc(Cl)c1.N#Cc1cnc2cc(Br)ccc2c1N. The molecule has 6 heteroatoms. The molecule has 0 aliphatic rings. The van der Waals surface area contributed by atoms with Gasteiger partial charge in [0.2, 0.25) is 0 Å². The van der Waals surface area contributed by atoms with Gasteiger partial charge >= 0.3 is 0 Å². The number of nitriles is 1. The van der Waals surface area contributed by atoms with Crippen LogP contribution in [0.15, 0.2) is 53.1 Å². The smallest absolute Gasteiger partial charge is 0.103 e. The summed E-state index contributed by atoms with van der Waals surface area (Å²) in [7, 11) is 0. The Balaban J connectivity index is 0.000000188. The Morgan fingerprint density at radius 1 is 1.09 bits per heavy atom. The van der Waals surface area contributed by atoms with Crippen LogP contribution in [0.25, 0.3) is 10.9 Å². The van der Waals surface area contributed by atoms with Gasteiger partial charge in [-0.2, -0.15) is 5.26 Å². The average Bonchev–Trinajstić information content (AvgIpc) is 2.48. The lowest BCUT2D eigenvalue weighted by Crippen LogP contribution is -1.93. The molecule has 0 amide bonds. The van der Waals surface area contributed by atoms with Gasteiger partial charge in [-0.05, 0) is 36.4 Å². The third-order valence-corrected chi connectivity index (χ3v) is 3.74. The van der Waals surface area contributed by atoms with E-state index in [0.29, 0.717) is 21.3 Å². The summed E-state index contributed by atoms with van der Waals surface area (Å²) in [6, 6.07) is 14.7.